The average molecular weight is 586 g/mol. The van der Waals surface area contributed by atoms with Gasteiger partial charge in [0.1, 0.15) is 0 Å². The summed E-state index contributed by atoms with van der Waals surface area (Å²) in [7, 11) is 0. The fraction of sp³-hybridized carbons (Fsp3) is 0.207. The molecule has 0 spiro atoms. The third-order valence-electron chi connectivity index (χ3n) is 5.94. The van der Waals surface area contributed by atoms with Crippen LogP contribution >= 0.6 is 23.1 Å². The molecule has 2 N–H and O–H groups in total. The summed E-state index contributed by atoms with van der Waals surface area (Å²) in [5.74, 6) is -1.37. The highest BCUT2D eigenvalue weighted by molar-refractivity contribution is 8.00. The maximum absolute atomic E-state index is 12.9. The number of amides is 1. The molecule has 0 unspecified atom stereocenters. The smallest absolute Gasteiger partial charge is 0.446 e. The van der Waals surface area contributed by atoms with Gasteiger partial charge < -0.3 is 15.3 Å². The molecule has 0 fully saturated rings. The van der Waals surface area contributed by atoms with E-state index in [2.05, 4.69) is 11.4 Å². The molecule has 0 saturated heterocycles. The average Bonchev–Trinajstić information content (AvgIpc) is 3.36. The van der Waals surface area contributed by atoms with E-state index in [1.54, 1.807) is 36.4 Å². The summed E-state index contributed by atoms with van der Waals surface area (Å²) in [5.41, 5.74) is 1.58. The molecule has 0 aliphatic rings. The number of carboxylic acid groups (broad SMARTS) is 1. The van der Waals surface area contributed by atoms with Crippen LogP contribution in [0, 0.1) is 13.8 Å². The summed E-state index contributed by atoms with van der Waals surface area (Å²) in [5, 5.41) is 13.9. The number of thiazole rings is 1. The number of benzene rings is 3. The van der Waals surface area contributed by atoms with E-state index in [1.165, 1.54) is 23.5 Å². The maximum Gasteiger partial charge on any atom is 0.446 e. The lowest BCUT2D eigenvalue weighted by Crippen LogP contribution is -2.26. The highest BCUT2D eigenvalue weighted by Gasteiger charge is 2.29. The van der Waals surface area contributed by atoms with Crippen LogP contribution in [0.4, 0.5) is 24.0 Å². The van der Waals surface area contributed by atoms with Crippen LogP contribution in [0.15, 0.2) is 77.0 Å². The highest BCUT2D eigenvalue weighted by atomic mass is 32.2. The van der Waals surface area contributed by atoms with E-state index in [0.29, 0.717) is 22.9 Å². The van der Waals surface area contributed by atoms with Gasteiger partial charge in [-0.15, -0.1) is 11.3 Å². The van der Waals surface area contributed by atoms with E-state index in [-0.39, 0.29) is 35.5 Å². The third kappa shape index (κ3) is 7.86. The summed E-state index contributed by atoms with van der Waals surface area (Å²) < 4.78 is 38.6. The predicted octanol–water partition coefficient (Wildman–Crippen LogP) is 7.58. The molecule has 3 aromatic carbocycles. The molecule has 4 rings (SSSR count). The minimum atomic E-state index is -4.38. The van der Waals surface area contributed by atoms with Crippen molar-refractivity contribution in [3.63, 3.8) is 0 Å². The first-order chi connectivity index (χ1) is 19.0. The molecule has 4 aromatic rings. The van der Waals surface area contributed by atoms with Crippen molar-refractivity contribution in [3.05, 3.63) is 94.4 Å². The molecule has 11 heteroatoms. The Bertz CT molecular complexity index is 1490. The Morgan fingerprint density at radius 2 is 1.73 bits per heavy atom. The number of nitrogens with one attached hydrogen (secondary N) is 1. The predicted molar refractivity (Wildman–Crippen MR) is 152 cm³/mol. The zero-order valence-corrected chi connectivity index (χ0v) is 23.3. The molecule has 40 heavy (non-hydrogen) atoms. The van der Waals surface area contributed by atoms with Gasteiger partial charge >= 0.3 is 11.5 Å². The highest BCUT2D eigenvalue weighted by Crippen LogP contribution is 2.39. The minimum Gasteiger partial charge on any atom is -0.481 e. The number of carboxylic acids is 1. The number of aliphatic carboxylic acids is 1. The van der Waals surface area contributed by atoms with E-state index in [1.807, 2.05) is 36.3 Å². The molecule has 0 bridgehead atoms. The SMILES string of the molecule is Cc1ccc(-c2csc(N(Cc3ccc(C(=O)NCCC(=O)O)cc3)c3ccc(SC(F)(F)F)cc3)n2)c(C)c1. The maximum atomic E-state index is 12.9. The number of hydrogen-bond donors (Lipinski definition) is 2. The second kappa shape index (κ2) is 12.6. The fourth-order valence-corrected chi connectivity index (χ4v) is 5.42. The summed E-state index contributed by atoms with van der Waals surface area (Å²) in [6.45, 7) is 4.43. The van der Waals surface area contributed by atoms with Crippen molar-refractivity contribution in [3.8, 4) is 11.3 Å². The van der Waals surface area contributed by atoms with Crippen molar-refractivity contribution in [1.29, 1.82) is 0 Å². The van der Waals surface area contributed by atoms with Gasteiger partial charge in [-0.3, -0.25) is 9.59 Å². The summed E-state index contributed by atoms with van der Waals surface area (Å²) in [6, 6.07) is 19.1. The Balaban J connectivity index is 1.60. The zero-order valence-electron chi connectivity index (χ0n) is 21.7. The molecule has 0 aliphatic heterocycles. The van der Waals surface area contributed by atoms with E-state index >= 15 is 0 Å². The standard InChI is InChI=1S/C29H26F3N3O3S2/c1-18-3-12-24(19(2)15-18)25-17-39-28(34-25)35(22-8-10-23(11-9-22)40-29(30,31)32)16-20-4-6-21(7-5-20)27(38)33-14-13-26(36)37/h3-12,15,17H,13-14,16H2,1-2H3,(H,33,38)(H,36,37). The number of aromatic nitrogens is 1. The normalized spacial score (nSPS) is 11.3. The van der Waals surface area contributed by atoms with Crippen LogP contribution in [-0.2, 0) is 11.3 Å². The minimum absolute atomic E-state index is 0.0269. The molecular weight excluding hydrogens is 559 g/mol. The quantitative estimate of drug-likeness (QED) is 0.187. The first kappa shape index (κ1) is 29.2. The van der Waals surface area contributed by atoms with Gasteiger partial charge in [-0.25, -0.2) is 4.98 Å². The molecular formula is C29H26F3N3O3S2. The number of halogens is 3. The van der Waals surface area contributed by atoms with Gasteiger partial charge in [0.25, 0.3) is 5.91 Å². The molecule has 1 heterocycles. The van der Waals surface area contributed by atoms with Gasteiger partial charge in [0, 0.05) is 33.6 Å². The first-order valence-electron chi connectivity index (χ1n) is 12.2. The molecule has 1 aromatic heterocycles. The second-order valence-electron chi connectivity index (χ2n) is 9.06. The number of nitrogens with zero attached hydrogens (tertiary/aromatic N) is 2. The molecule has 0 atom stereocenters. The number of anilines is 2. The summed E-state index contributed by atoms with van der Waals surface area (Å²) in [6.07, 6.45) is -0.170. The van der Waals surface area contributed by atoms with Crippen molar-refractivity contribution in [2.75, 3.05) is 11.4 Å². The van der Waals surface area contributed by atoms with Gasteiger partial charge in [-0.2, -0.15) is 13.2 Å². The lowest BCUT2D eigenvalue weighted by molar-refractivity contribution is -0.136. The van der Waals surface area contributed by atoms with Crippen molar-refractivity contribution in [2.45, 2.75) is 37.2 Å². The molecule has 6 nitrogen and oxygen atoms in total. The Morgan fingerprint density at radius 1 is 1.02 bits per heavy atom. The fourth-order valence-electron chi connectivity index (χ4n) is 4.04. The van der Waals surface area contributed by atoms with Gasteiger partial charge in [-0.1, -0.05) is 35.9 Å². The number of carbonyl (C=O) groups is 2. The molecule has 0 aliphatic carbocycles. The van der Waals surface area contributed by atoms with Crippen LogP contribution in [0.25, 0.3) is 11.3 Å². The first-order valence-corrected chi connectivity index (χ1v) is 13.9. The van der Waals surface area contributed by atoms with Gasteiger partial charge in [-0.05, 0) is 73.1 Å². The van der Waals surface area contributed by atoms with Crippen molar-refractivity contribution in [2.24, 2.45) is 0 Å². The van der Waals surface area contributed by atoms with E-state index < -0.39 is 11.5 Å². The van der Waals surface area contributed by atoms with Gasteiger partial charge in [0.15, 0.2) is 5.13 Å². The van der Waals surface area contributed by atoms with Gasteiger partial charge in [0.2, 0.25) is 0 Å². The monoisotopic (exact) mass is 585 g/mol. The zero-order chi connectivity index (χ0) is 28.9. The Kier molecular flexibility index (Phi) is 9.16. The van der Waals surface area contributed by atoms with Crippen LogP contribution in [0.2, 0.25) is 0 Å². The Morgan fingerprint density at radius 3 is 2.35 bits per heavy atom. The van der Waals surface area contributed by atoms with E-state index in [9.17, 15) is 22.8 Å². The third-order valence-corrected chi connectivity index (χ3v) is 7.55. The van der Waals surface area contributed by atoms with E-state index in [4.69, 9.17) is 10.1 Å². The van der Waals surface area contributed by atoms with Crippen molar-refractivity contribution >= 4 is 45.8 Å². The lowest BCUT2D eigenvalue weighted by Gasteiger charge is -2.23. The van der Waals surface area contributed by atoms with Crippen LogP contribution in [0.5, 0.6) is 0 Å². The van der Waals surface area contributed by atoms with Crippen molar-refractivity contribution in [1.82, 2.24) is 10.3 Å². The van der Waals surface area contributed by atoms with Crippen LogP contribution < -0.4 is 10.2 Å². The Labute approximate surface area is 237 Å². The molecule has 0 radical (unpaired) electrons. The topological polar surface area (TPSA) is 82.5 Å². The Hall–Kier alpha value is -3.83. The van der Waals surface area contributed by atoms with Crippen molar-refractivity contribution < 1.29 is 27.9 Å². The van der Waals surface area contributed by atoms with Crippen LogP contribution in [0.1, 0.15) is 33.5 Å². The molecule has 208 valence electrons. The number of hydrogen-bond acceptors (Lipinski definition) is 6. The van der Waals surface area contributed by atoms with E-state index in [0.717, 1.165) is 27.9 Å². The lowest BCUT2D eigenvalue weighted by atomic mass is 10.0. The number of aryl methyl sites for hydroxylation is 2. The molecule has 1 amide bonds. The number of rotatable bonds is 10. The summed E-state index contributed by atoms with van der Waals surface area (Å²) in [4.78, 5) is 29.9. The van der Waals surface area contributed by atoms with Gasteiger partial charge in [0.05, 0.1) is 18.7 Å². The number of alkyl halides is 3. The largest absolute Gasteiger partial charge is 0.481 e. The van der Waals surface area contributed by atoms with Crippen LogP contribution in [0.3, 0.4) is 0 Å². The molecule has 0 saturated carbocycles. The summed E-state index contributed by atoms with van der Waals surface area (Å²) >= 11 is 1.27. The number of thioether (sulfide) groups is 1. The second-order valence-corrected chi connectivity index (χ2v) is 11.0. The number of carbonyl (C=O) groups excluding carboxylic acids is 1. The van der Waals surface area contributed by atoms with Crippen LogP contribution in [-0.4, -0.2) is 34.0 Å².